The van der Waals surface area contributed by atoms with Crippen molar-refractivity contribution in [1.29, 1.82) is 0 Å². The number of fused-ring (bicyclic) bond motifs is 15. The largest absolute Gasteiger partial charge is 0.0619 e. The molecule has 0 aliphatic heterocycles. The Bertz CT molecular complexity index is 4230. The number of rotatable bonds is 2. The molecule has 0 bridgehead atoms. The first-order chi connectivity index (χ1) is 31.3. The number of benzene rings is 11. The van der Waals surface area contributed by atoms with E-state index >= 15 is 0 Å². The van der Waals surface area contributed by atoms with Gasteiger partial charge in [0.2, 0.25) is 0 Å². The quantitative estimate of drug-likeness (QED) is 0.153. The molecule has 2 aliphatic rings. The average molecular weight is 811 g/mol. The van der Waals surface area contributed by atoms with Gasteiger partial charge in [-0.05, 0) is 183 Å². The fourth-order valence-corrected chi connectivity index (χ4v) is 13.2. The van der Waals surface area contributed by atoms with Crippen LogP contribution in [0.5, 0.6) is 0 Å². The molecule has 0 atom stereocenters. The minimum Gasteiger partial charge on any atom is -0.0619 e. The fraction of sp³-hybridized carbons (Fsp3) is 0.0938. The Morgan fingerprint density at radius 3 is 1.28 bits per heavy atom. The van der Waals surface area contributed by atoms with Gasteiger partial charge in [-0.25, -0.2) is 0 Å². The Morgan fingerprint density at radius 2 is 0.688 bits per heavy atom. The van der Waals surface area contributed by atoms with Crippen LogP contribution < -0.4 is 0 Å². The van der Waals surface area contributed by atoms with Gasteiger partial charge in [0, 0.05) is 10.8 Å². The Morgan fingerprint density at radius 1 is 0.250 bits per heavy atom. The van der Waals surface area contributed by atoms with E-state index < -0.39 is 0 Å². The summed E-state index contributed by atoms with van der Waals surface area (Å²) in [7, 11) is 0. The summed E-state index contributed by atoms with van der Waals surface area (Å²) in [4.78, 5) is 0. The van der Waals surface area contributed by atoms with E-state index in [1.807, 2.05) is 0 Å². The average Bonchev–Trinajstić information content (AvgIpc) is 3.97. The van der Waals surface area contributed by atoms with Crippen molar-refractivity contribution < 1.29 is 0 Å². The van der Waals surface area contributed by atoms with Crippen LogP contribution in [0.15, 0.2) is 182 Å². The molecule has 298 valence electrons. The van der Waals surface area contributed by atoms with Crippen molar-refractivity contribution >= 4 is 86.2 Å². The van der Waals surface area contributed by atoms with E-state index in [2.05, 4.69) is 210 Å². The molecule has 13 aromatic rings. The van der Waals surface area contributed by atoms with Crippen LogP contribution in [-0.2, 0) is 10.8 Å². The van der Waals surface area contributed by atoms with Gasteiger partial charge < -0.3 is 0 Å². The van der Waals surface area contributed by atoms with E-state index in [0.29, 0.717) is 0 Å². The second-order valence-electron chi connectivity index (χ2n) is 19.9. The van der Waals surface area contributed by atoms with Crippen molar-refractivity contribution in [2.45, 2.75) is 38.5 Å². The third-order valence-corrected chi connectivity index (χ3v) is 16.1. The highest BCUT2D eigenvalue weighted by atomic mass is 14.4. The molecule has 64 heavy (non-hydrogen) atoms. The molecule has 0 fully saturated rings. The van der Waals surface area contributed by atoms with Crippen molar-refractivity contribution in [2.24, 2.45) is 0 Å². The molecular weight excluding hydrogens is 769 g/mol. The molecule has 2 aliphatic carbocycles. The second-order valence-corrected chi connectivity index (χ2v) is 19.9. The molecule has 0 N–H and O–H groups in total. The zero-order valence-corrected chi connectivity index (χ0v) is 36.3. The molecule has 15 rings (SSSR count). The first-order valence-corrected chi connectivity index (χ1v) is 22.9. The highest BCUT2D eigenvalue weighted by Crippen LogP contribution is 2.57. The van der Waals surface area contributed by atoms with Crippen molar-refractivity contribution in [3.05, 3.63) is 204 Å². The summed E-state index contributed by atoms with van der Waals surface area (Å²) in [5.74, 6) is 0. The van der Waals surface area contributed by atoms with Crippen molar-refractivity contribution in [3.8, 4) is 44.5 Å². The highest BCUT2D eigenvalue weighted by Gasteiger charge is 2.38. The predicted octanol–water partition coefficient (Wildman–Crippen LogP) is 17.7. The Kier molecular flexibility index (Phi) is 6.41. The molecule has 0 aromatic heterocycles. The van der Waals surface area contributed by atoms with Gasteiger partial charge in [-0.15, -0.1) is 0 Å². The standard InChI is InChI=1S/C64H42/c1-63(2)53-24-9-7-18-40(53)42-28-26-37(31-55(42)63)58-50-33-48-45-20-11-15-35-16-12-21-46(57(35)45)49(48)34-51(50)59(38-27-29-43-41-19-8-10-25-54(41)64(3,4)56(43)32-38)62-52-30-36-14-5-6-17-39(36)44-22-13-23-47(60(44)52)61(58)62/h5-34H,1-4H3. The molecule has 0 spiro atoms. The van der Waals surface area contributed by atoms with Gasteiger partial charge >= 0.3 is 0 Å². The predicted molar refractivity (Wildman–Crippen MR) is 275 cm³/mol. The SMILES string of the molecule is CC1(C)c2ccccc2-c2ccc(-c3c4cc5c(cc4c(-c4ccc6c(c4)C(C)(C)c4ccccc4-6)c4c6cc7ccccc7c7cccc(c34)c76)c3cccc4cccc5c43)cc21. The number of hydrogen-bond acceptors (Lipinski definition) is 0. The molecule has 0 nitrogen and oxygen atoms in total. The molecule has 0 radical (unpaired) electrons. The maximum Gasteiger partial charge on any atom is 0.0159 e. The van der Waals surface area contributed by atoms with Gasteiger partial charge in [-0.3, -0.25) is 0 Å². The Labute approximate surface area is 371 Å². The molecule has 0 saturated carbocycles. The molecule has 0 heteroatoms. The summed E-state index contributed by atoms with van der Waals surface area (Å²) in [5, 5.41) is 21.2. The number of hydrogen-bond donors (Lipinski definition) is 0. The van der Waals surface area contributed by atoms with Crippen LogP contribution in [0, 0.1) is 0 Å². The Hall–Kier alpha value is -7.54. The monoisotopic (exact) mass is 810 g/mol. The van der Waals surface area contributed by atoms with E-state index in [1.165, 1.54) is 153 Å². The molecule has 0 amide bonds. The fourth-order valence-electron chi connectivity index (χ4n) is 13.2. The summed E-state index contributed by atoms with van der Waals surface area (Å²) in [5.41, 5.74) is 16.0. The van der Waals surface area contributed by atoms with Crippen LogP contribution in [0.4, 0.5) is 0 Å². The third kappa shape index (κ3) is 4.16. The highest BCUT2D eigenvalue weighted by molar-refractivity contribution is 6.43. The van der Waals surface area contributed by atoms with Crippen LogP contribution in [0.25, 0.3) is 131 Å². The topological polar surface area (TPSA) is 0 Å². The normalized spacial score (nSPS) is 14.8. The summed E-state index contributed by atoms with van der Waals surface area (Å²) in [6.45, 7) is 9.64. The Balaban J connectivity index is 1.18. The third-order valence-electron chi connectivity index (χ3n) is 16.1. The van der Waals surface area contributed by atoms with E-state index in [0.717, 1.165) is 0 Å². The van der Waals surface area contributed by atoms with E-state index in [-0.39, 0.29) is 10.8 Å². The second kappa shape index (κ2) is 11.7. The minimum atomic E-state index is -0.132. The van der Waals surface area contributed by atoms with E-state index in [4.69, 9.17) is 0 Å². The molecular formula is C64H42. The molecule has 0 heterocycles. The first-order valence-electron chi connectivity index (χ1n) is 22.9. The zero-order valence-electron chi connectivity index (χ0n) is 36.3. The minimum absolute atomic E-state index is 0.130. The van der Waals surface area contributed by atoms with Crippen molar-refractivity contribution in [2.75, 3.05) is 0 Å². The maximum absolute atomic E-state index is 2.58. The summed E-state index contributed by atoms with van der Waals surface area (Å²) in [6, 6.07) is 70.3. The van der Waals surface area contributed by atoms with Gasteiger partial charge in [-0.2, -0.15) is 0 Å². The van der Waals surface area contributed by atoms with Crippen LogP contribution >= 0.6 is 0 Å². The van der Waals surface area contributed by atoms with Gasteiger partial charge in [0.05, 0.1) is 0 Å². The lowest BCUT2D eigenvalue weighted by Gasteiger charge is -2.24. The smallest absolute Gasteiger partial charge is 0.0159 e. The summed E-state index contributed by atoms with van der Waals surface area (Å²) >= 11 is 0. The lowest BCUT2D eigenvalue weighted by atomic mass is 9.79. The lowest BCUT2D eigenvalue weighted by Crippen LogP contribution is -2.15. The molecule has 0 unspecified atom stereocenters. The van der Waals surface area contributed by atoms with Crippen LogP contribution in [0.2, 0.25) is 0 Å². The zero-order chi connectivity index (χ0) is 42.4. The van der Waals surface area contributed by atoms with Crippen LogP contribution in [0.3, 0.4) is 0 Å². The van der Waals surface area contributed by atoms with Gasteiger partial charge in [0.15, 0.2) is 0 Å². The summed E-state index contributed by atoms with van der Waals surface area (Å²) in [6.07, 6.45) is 0. The summed E-state index contributed by atoms with van der Waals surface area (Å²) < 4.78 is 0. The first kappa shape index (κ1) is 35.0. The van der Waals surface area contributed by atoms with E-state index in [9.17, 15) is 0 Å². The lowest BCUT2D eigenvalue weighted by molar-refractivity contribution is 0.660. The van der Waals surface area contributed by atoms with Gasteiger partial charge in [-0.1, -0.05) is 179 Å². The van der Waals surface area contributed by atoms with Crippen LogP contribution in [0.1, 0.15) is 49.9 Å². The van der Waals surface area contributed by atoms with E-state index in [1.54, 1.807) is 0 Å². The van der Waals surface area contributed by atoms with Crippen LogP contribution in [-0.4, -0.2) is 0 Å². The van der Waals surface area contributed by atoms with Crippen molar-refractivity contribution in [1.82, 2.24) is 0 Å². The maximum atomic E-state index is 2.58. The van der Waals surface area contributed by atoms with Crippen molar-refractivity contribution in [3.63, 3.8) is 0 Å². The molecule has 13 aromatic carbocycles. The van der Waals surface area contributed by atoms with Gasteiger partial charge in [0.1, 0.15) is 0 Å². The molecule has 0 saturated heterocycles. The van der Waals surface area contributed by atoms with Gasteiger partial charge in [0.25, 0.3) is 0 Å².